The van der Waals surface area contributed by atoms with E-state index in [-0.39, 0.29) is 0 Å². The summed E-state index contributed by atoms with van der Waals surface area (Å²) in [6, 6.07) is 1.77. The van der Waals surface area contributed by atoms with Crippen LogP contribution in [-0.4, -0.2) is 28.2 Å². The molecule has 0 amide bonds. The molecule has 0 radical (unpaired) electrons. The molecule has 1 aliphatic heterocycles. The summed E-state index contributed by atoms with van der Waals surface area (Å²) < 4.78 is 6.84. The van der Waals surface area contributed by atoms with Crippen molar-refractivity contribution in [2.75, 3.05) is 12.8 Å². The first-order valence-electron chi connectivity index (χ1n) is 7.88. The van der Waals surface area contributed by atoms with Gasteiger partial charge in [0, 0.05) is 48.5 Å². The Morgan fingerprint density at radius 1 is 1.33 bits per heavy atom. The molecule has 1 aromatic heterocycles. The Morgan fingerprint density at radius 2 is 2.12 bits per heavy atom. The van der Waals surface area contributed by atoms with Gasteiger partial charge in [0.05, 0.1) is 5.69 Å². The Labute approximate surface area is 144 Å². The first-order valence-corrected chi connectivity index (χ1v) is 8.69. The second-order valence-electron chi connectivity index (χ2n) is 6.44. The number of hydrogen-bond donors (Lipinski definition) is 4. The molecule has 0 saturated heterocycles. The second-order valence-corrected chi connectivity index (χ2v) is 7.58. The molecule has 6 nitrogen and oxygen atoms in total. The zero-order valence-electron chi connectivity index (χ0n) is 13.5. The Balaban J connectivity index is 1.52. The summed E-state index contributed by atoms with van der Waals surface area (Å²) in [6.45, 7) is 0. The van der Waals surface area contributed by atoms with E-state index in [4.69, 9.17) is 10.5 Å². The van der Waals surface area contributed by atoms with Crippen LogP contribution in [-0.2, 0) is 11.8 Å². The summed E-state index contributed by atoms with van der Waals surface area (Å²) >= 11 is 1.58. The molecule has 24 heavy (non-hydrogen) atoms. The van der Waals surface area contributed by atoms with E-state index in [2.05, 4.69) is 17.5 Å². The molecule has 7 heteroatoms. The summed E-state index contributed by atoms with van der Waals surface area (Å²) in [5.74, 6) is 1.12. The van der Waals surface area contributed by atoms with E-state index in [0.717, 1.165) is 16.3 Å². The van der Waals surface area contributed by atoms with Gasteiger partial charge in [0.15, 0.2) is 12.5 Å². The largest absolute Gasteiger partial charge is 0.397 e. The van der Waals surface area contributed by atoms with Gasteiger partial charge in [-0.1, -0.05) is 23.9 Å². The minimum atomic E-state index is -0.868. The van der Waals surface area contributed by atoms with Crippen molar-refractivity contribution in [3.8, 4) is 0 Å². The van der Waals surface area contributed by atoms with Crippen molar-refractivity contribution in [1.29, 1.82) is 0 Å². The molecule has 1 fully saturated rings. The van der Waals surface area contributed by atoms with E-state index in [9.17, 15) is 10.2 Å². The van der Waals surface area contributed by atoms with Gasteiger partial charge in [0.2, 0.25) is 0 Å². The fourth-order valence-electron chi connectivity index (χ4n) is 3.67. The third kappa shape index (κ3) is 2.48. The molecule has 5 unspecified atom stereocenters. The number of nitrogens with one attached hydrogen (secondary N) is 1. The van der Waals surface area contributed by atoms with E-state index in [0.29, 0.717) is 23.4 Å². The Kier molecular flexibility index (Phi) is 3.76. The minimum absolute atomic E-state index is 0.325. The van der Waals surface area contributed by atoms with Crippen molar-refractivity contribution in [3.63, 3.8) is 0 Å². The number of hydrogen-bond acceptors (Lipinski definition) is 6. The lowest BCUT2D eigenvalue weighted by atomic mass is 10.1. The quantitative estimate of drug-likeness (QED) is 0.602. The number of nitrogens with two attached hydrogens (primary N) is 1. The highest BCUT2D eigenvalue weighted by atomic mass is 32.2. The molecule has 1 saturated carbocycles. The number of aliphatic hydroxyl groups is 2. The molecular formula is C17H21N3O3S. The van der Waals surface area contributed by atoms with Crippen molar-refractivity contribution in [1.82, 2.24) is 9.88 Å². The molecule has 1 aromatic rings. The van der Waals surface area contributed by atoms with E-state index in [1.54, 1.807) is 24.0 Å². The van der Waals surface area contributed by atoms with Crippen LogP contribution in [0.15, 0.2) is 46.0 Å². The Hall–Kier alpha value is -1.67. The lowest BCUT2D eigenvalue weighted by Crippen LogP contribution is -2.24. The zero-order valence-corrected chi connectivity index (χ0v) is 14.3. The number of rotatable bonds is 5. The van der Waals surface area contributed by atoms with Gasteiger partial charge in [-0.25, -0.2) is 0 Å². The maximum Gasteiger partial charge on any atom is 0.186 e. The fourth-order valence-corrected chi connectivity index (χ4v) is 4.94. The van der Waals surface area contributed by atoms with E-state index in [1.165, 1.54) is 12.0 Å². The highest BCUT2D eigenvalue weighted by Crippen LogP contribution is 2.64. The average molecular weight is 347 g/mol. The number of anilines is 1. The number of fused-ring (bicyclic) bond motifs is 1. The number of thioether (sulfide) groups is 1. The normalized spacial score (nSPS) is 29.8. The molecule has 5 N–H and O–H groups in total. The second kappa shape index (κ2) is 5.70. The molecule has 4 rings (SSSR count). The lowest BCUT2D eigenvalue weighted by Gasteiger charge is -2.21. The number of aliphatic hydroxyl groups excluding tert-OH is 2. The van der Waals surface area contributed by atoms with Crippen LogP contribution in [0.4, 0.5) is 5.69 Å². The third-order valence-electron chi connectivity index (χ3n) is 4.90. The molecule has 0 spiro atoms. The van der Waals surface area contributed by atoms with Crippen LogP contribution in [0.1, 0.15) is 11.9 Å². The molecule has 128 valence electrons. The highest BCUT2D eigenvalue weighted by molar-refractivity contribution is 8.06. The van der Waals surface area contributed by atoms with Gasteiger partial charge in [0.1, 0.15) is 0 Å². The average Bonchev–Trinajstić information content (AvgIpc) is 3.19. The number of aryl methyl sites for hydroxylation is 1. The fraction of sp³-hybridized carbons (Fsp3) is 0.412. The topological polar surface area (TPSA) is 92.7 Å². The Bertz CT molecular complexity index is 767. The molecule has 3 aliphatic rings. The number of allylic oxidation sites excluding steroid dienone is 5. The van der Waals surface area contributed by atoms with Crippen LogP contribution in [0.25, 0.3) is 0 Å². The van der Waals surface area contributed by atoms with Crippen LogP contribution in [0.2, 0.25) is 0 Å². The van der Waals surface area contributed by atoms with Crippen molar-refractivity contribution >= 4 is 17.4 Å². The molecule has 0 aromatic carbocycles. The number of nitrogen functional groups attached to an aromatic ring is 1. The lowest BCUT2D eigenvalue weighted by molar-refractivity contribution is -0.0388. The van der Waals surface area contributed by atoms with Gasteiger partial charge < -0.3 is 30.6 Å². The van der Waals surface area contributed by atoms with E-state index >= 15 is 0 Å². The van der Waals surface area contributed by atoms with Crippen LogP contribution < -0.4 is 11.1 Å². The summed E-state index contributed by atoms with van der Waals surface area (Å²) in [5.41, 5.74) is 8.16. The van der Waals surface area contributed by atoms with Gasteiger partial charge in [0.25, 0.3) is 0 Å². The van der Waals surface area contributed by atoms with Crippen LogP contribution >= 0.6 is 11.8 Å². The standard InChI is InChI=1S/C17H21N3O3S/c1-20-7-8(18)5-11(20)16(21)19-10-3-4-12-15-9(14(10)15)6-13(24-12)17(22)23-2/h3-7,9,14-17,19,21-22H,18H2,1-2H3. The number of aromatic nitrogens is 1. The van der Waals surface area contributed by atoms with Crippen molar-refractivity contribution in [2.45, 2.75) is 12.5 Å². The van der Waals surface area contributed by atoms with Crippen LogP contribution in [0, 0.1) is 17.8 Å². The van der Waals surface area contributed by atoms with Crippen LogP contribution in [0.3, 0.4) is 0 Å². The Morgan fingerprint density at radius 3 is 2.79 bits per heavy atom. The monoisotopic (exact) mass is 347 g/mol. The van der Waals surface area contributed by atoms with Gasteiger partial charge in [-0.2, -0.15) is 0 Å². The number of ether oxygens (including phenoxy) is 1. The maximum atomic E-state index is 10.5. The van der Waals surface area contributed by atoms with E-state index < -0.39 is 12.5 Å². The highest BCUT2D eigenvalue weighted by Gasteiger charge is 2.56. The zero-order chi connectivity index (χ0) is 17.0. The van der Waals surface area contributed by atoms with Crippen molar-refractivity contribution in [3.05, 3.63) is 51.7 Å². The SMILES string of the molecule is COC(O)C1=CC2C3C(NC(O)c4cc(N)cn4C)=CC=C(S1)C23. The molecule has 5 atom stereocenters. The summed E-state index contributed by atoms with van der Waals surface area (Å²) in [4.78, 5) is 2.10. The summed E-state index contributed by atoms with van der Waals surface area (Å²) in [6.07, 6.45) is 6.29. The minimum Gasteiger partial charge on any atom is -0.397 e. The van der Waals surface area contributed by atoms with Crippen LogP contribution in [0.5, 0.6) is 0 Å². The summed E-state index contributed by atoms with van der Waals surface area (Å²) in [7, 11) is 3.36. The number of nitrogens with zero attached hydrogens (tertiary/aromatic N) is 1. The molecule has 2 heterocycles. The summed E-state index contributed by atoms with van der Waals surface area (Å²) in [5, 5.41) is 23.6. The number of methoxy groups -OCH3 is 1. The van der Waals surface area contributed by atoms with Gasteiger partial charge in [-0.3, -0.25) is 0 Å². The predicted molar refractivity (Wildman–Crippen MR) is 93.2 cm³/mol. The first kappa shape index (κ1) is 15.8. The van der Waals surface area contributed by atoms with Gasteiger partial charge in [-0.15, -0.1) is 0 Å². The molecule has 0 bridgehead atoms. The van der Waals surface area contributed by atoms with Gasteiger partial charge in [-0.05, 0) is 23.0 Å². The first-order chi connectivity index (χ1) is 11.5. The van der Waals surface area contributed by atoms with Gasteiger partial charge >= 0.3 is 0 Å². The van der Waals surface area contributed by atoms with Crippen molar-refractivity contribution < 1.29 is 14.9 Å². The maximum absolute atomic E-state index is 10.5. The smallest absolute Gasteiger partial charge is 0.186 e. The van der Waals surface area contributed by atoms with Crippen molar-refractivity contribution in [2.24, 2.45) is 24.8 Å². The van der Waals surface area contributed by atoms with E-state index in [1.807, 2.05) is 17.7 Å². The predicted octanol–water partition coefficient (Wildman–Crippen LogP) is 1.43. The molecular weight excluding hydrogens is 326 g/mol. The third-order valence-corrected chi connectivity index (χ3v) is 6.11. The molecule has 2 aliphatic carbocycles.